The molecule has 1 aliphatic rings. The predicted octanol–water partition coefficient (Wildman–Crippen LogP) is 2.01. The van der Waals surface area contributed by atoms with Crippen molar-refractivity contribution in [2.24, 2.45) is 0 Å². The summed E-state index contributed by atoms with van der Waals surface area (Å²) < 4.78 is 5.37. The van der Waals surface area contributed by atoms with Gasteiger partial charge in [-0.2, -0.15) is 4.98 Å². The van der Waals surface area contributed by atoms with E-state index in [1.165, 1.54) is 0 Å². The van der Waals surface area contributed by atoms with Crippen molar-refractivity contribution < 1.29 is 9.21 Å². The van der Waals surface area contributed by atoms with Crippen LogP contribution in [-0.4, -0.2) is 17.9 Å². The predicted molar refractivity (Wildman–Crippen MR) is 72.8 cm³/mol. The Kier molecular flexibility index (Phi) is 2.55. The number of carbonyl (C=O) groups is 1. The topological polar surface area (TPSA) is 72.4 Å². The van der Waals surface area contributed by atoms with Gasteiger partial charge in [0, 0.05) is 24.7 Å². The summed E-state index contributed by atoms with van der Waals surface area (Å²) in [6.45, 7) is 1.99. The molecule has 0 aliphatic carbocycles. The van der Waals surface area contributed by atoms with Crippen LogP contribution >= 0.6 is 0 Å². The molecule has 1 amide bonds. The molecule has 98 valence electrons. The van der Waals surface area contributed by atoms with Gasteiger partial charge in [0.1, 0.15) is 11.5 Å². The van der Waals surface area contributed by atoms with Gasteiger partial charge in [-0.15, -0.1) is 0 Å². The third-order valence-electron chi connectivity index (χ3n) is 3.47. The van der Waals surface area contributed by atoms with Crippen LogP contribution in [0.25, 0.3) is 11.3 Å². The first-order valence-corrected chi connectivity index (χ1v) is 6.25. The summed E-state index contributed by atoms with van der Waals surface area (Å²) in [5.41, 5.74) is 9.30. The fourth-order valence-electron chi connectivity index (χ4n) is 2.45. The van der Waals surface area contributed by atoms with Crippen LogP contribution in [0, 0.1) is 0 Å². The number of benzene rings is 1. The van der Waals surface area contributed by atoms with Crippen molar-refractivity contribution in [3.8, 4) is 11.3 Å². The summed E-state index contributed by atoms with van der Waals surface area (Å²) in [5.74, 6) is 0.887. The van der Waals surface area contributed by atoms with Crippen molar-refractivity contribution in [1.29, 1.82) is 0 Å². The summed E-state index contributed by atoms with van der Waals surface area (Å²) in [7, 11) is 1.79. The highest BCUT2D eigenvalue weighted by Crippen LogP contribution is 2.33. The largest absolute Gasteiger partial charge is 0.428 e. The Bertz CT molecular complexity index is 661. The number of oxazole rings is 1. The van der Waals surface area contributed by atoms with Crippen molar-refractivity contribution in [3.63, 3.8) is 0 Å². The first kappa shape index (κ1) is 11.8. The summed E-state index contributed by atoms with van der Waals surface area (Å²) in [4.78, 5) is 17.6. The van der Waals surface area contributed by atoms with Gasteiger partial charge < -0.3 is 15.1 Å². The Labute approximate surface area is 111 Å². The second-order valence-corrected chi connectivity index (χ2v) is 4.65. The molecule has 0 radical (unpaired) electrons. The molecule has 0 fully saturated rings. The third kappa shape index (κ3) is 1.78. The molecule has 0 unspecified atom stereocenters. The fraction of sp³-hybridized carbons (Fsp3) is 0.286. The lowest BCUT2D eigenvalue weighted by Crippen LogP contribution is -2.20. The van der Waals surface area contributed by atoms with Gasteiger partial charge in [0.05, 0.1) is 6.42 Å². The first-order valence-electron chi connectivity index (χ1n) is 6.25. The lowest BCUT2D eigenvalue weighted by atomic mass is 10.0. The molecule has 0 saturated carbocycles. The molecule has 2 heterocycles. The van der Waals surface area contributed by atoms with E-state index < -0.39 is 0 Å². The van der Waals surface area contributed by atoms with E-state index in [9.17, 15) is 4.79 Å². The summed E-state index contributed by atoms with van der Waals surface area (Å²) >= 11 is 0. The lowest BCUT2D eigenvalue weighted by Gasteiger charge is -2.10. The highest BCUT2D eigenvalue weighted by Gasteiger charge is 2.24. The molecule has 0 atom stereocenters. The normalized spacial score (nSPS) is 14.0. The molecule has 19 heavy (non-hydrogen) atoms. The van der Waals surface area contributed by atoms with Gasteiger partial charge >= 0.3 is 0 Å². The van der Waals surface area contributed by atoms with E-state index in [0.717, 1.165) is 34.7 Å². The molecule has 0 saturated heterocycles. The zero-order valence-corrected chi connectivity index (χ0v) is 10.9. The standard InChI is InChI=1S/C14H15N3O2/c1-3-11-13(16-14(15)19-11)8-4-5-10-9(6-8)7-12(18)17(10)2/h4-6H,3,7H2,1-2H3,(H2,15,16). The number of amides is 1. The Morgan fingerprint density at radius 2 is 2.26 bits per heavy atom. The molecule has 2 N–H and O–H groups in total. The van der Waals surface area contributed by atoms with E-state index in [-0.39, 0.29) is 11.9 Å². The van der Waals surface area contributed by atoms with E-state index in [1.807, 2.05) is 25.1 Å². The van der Waals surface area contributed by atoms with Gasteiger partial charge in [-0.25, -0.2) is 0 Å². The number of nitrogens with two attached hydrogens (primary N) is 1. The number of nitrogen functional groups attached to an aromatic ring is 1. The van der Waals surface area contributed by atoms with E-state index in [1.54, 1.807) is 11.9 Å². The average molecular weight is 257 g/mol. The molecule has 0 spiro atoms. The summed E-state index contributed by atoms with van der Waals surface area (Å²) in [6.07, 6.45) is 1.17. The Morgan fingerprint density at radius 1 is 1.47 bits per heavy atom. The third-order valence-corrected chi connectivity index (χ3v) is 3.47. The number of aromatic nitrogens is 1. The van der Waals surface area contributed by atoms with Crippen LogP contribution in [0.1, 0.15) is 18.2 Å². The molecule has 5 nitrogen and oxygen atoms in total. The van der Waals surface area contributed by atoms with Crippen molar-refractivity contribution >= 4 is 17.6 Å². The number of rotatable bonds is 2. The number of carbonyl (C=O) groups excluding carboxylic acids is 1. The highest BCUT2D eigenvalue weighted by molar-refractivity contribution is 6.01. The van der Waals surface area contributed by atoms with Crippen LogP contribution in [0.3, 0.4) is 0 Å². The second kappa shape index (κ2) is 4.12. The van der Waals surface area contributed by atoms with Crippen molar-refractivity contribution in [3.05, 3.63) is 29.5 Å². The van der Waals surface area contributed by atoms with Gasteiger partial charge in [-0.1, -0.05) is 13.0 Å². The molecular weight excluding hydrogens is 242 g/mol. The maximum absolute atomic E-state index is 11.7. The van der Waals surface area contributed by atoms with Crippen LogP contribution in [-0.2, 0) is 17.6 Å². The minimum absolute atomic E-state index is 0.113. The molecule has 1 aliphatic heterocycles. The number of anilines is 2. The number of hydrogen-bond donors (Lipinski definition) is 1. The zero-order chi connectivity index (χ0) is 13.6. The zero-order valence-electron chi connectivity index (χ0n) is 10.9. The van der Waals surface area contributed by atoms with Crippen LogP contribution < -0.4 is 10.6 Å². The smallest absolute Gasteiger partial charge is 0.292 e. The molecule has 0 bridgehead atoms. The Hall–Kier alpha value is -2.30. The highest BCUT2D eigenvalue weighted by atomic mass is 16.4. The Morgan fingerprint density at radius 3 is 3.00 bits per heavy atom. The molecule has 1 aromatic carbocycles. The number of hydrogen-bond acceptors (Lipinski definition) is 4. The van der Waals surface area contributed by atoms with E-state index in [0.29, 0.717) is 6.42 Å². The molecule has 1 aromatic heterocycles. The van der Waals surface area contributed by atoms with Crippen LogP contribution in [0.15, 0.2) is 22.6 Å². The van der Waals surface area contributed by atoms with Gasteiger partial charge in [0.25, 0.3) is 6.01 Å². The van der Waals surface area contributed by atoms with Crippen LogP contribution in [0.5, 0.6) is 0 Å². The maximum atomic E-state index is 11.7. The van der Waals surface area contributed by atoms with Crippen molar-refractivity contribution in [2.45, 2.75) is 19.8 Å². The summed E-state index contributed by atoms with van der Waals surface area (Å²) in [5, 5.41) is 0. The van der Waals surface area contributed by atoms with Gasteiger partial charge in [-0.05, 0) is 17.7 Å². The number of aryl methyl sites for hydroxylation is 1. The van der Waals surface area contributed by atoms with E-state index in [2.05, 4.69) is 4.98 Å². The van der Waals surface area contributed by atoms with E-state index >= 15 is 0 Å². The molecule has 3 rings (SSSR count). The summed E-state index contributed by atoms with van der Waals surface area (Å²) in [6, 6.07) is 6.07. The number of fused-ring (bicyclic) bond motifs is 1. The van der Waals surface area contributed by atoms with Crippen molar-refractivity contribution in [1.82, 2.24) is 4.98 Å². The lowest BCUT2D eigenvalue weighted by molar-refractivity contribution is -0.117. The Balaban J connectivity index is 2.08. The average Bonchev–Trinajstić information content (AvgIpc) is 2.91. The van der Waals surface area contributed by atoms with Gasteiger partial charge in [0.15, 0.2) is 0 Å². The minimum Gasteiger partial charge on any atom is -0.428 e. The van der Waals surface area contributed by atoms with Crippen molar-refractivity contribution in [2.75, 3.05) is 17.7 Å². The van der Waals surface area contributed by atoms with Gasteiger partial charge in [-0.3, -0.25) is 4.79 Å². The SMILES string of the molecule is CCc1oc(N)nc1-c1ccc2c(c1)CC(=O)N2C. The van der Waals surface area contributed by atoms with Crippen LogP contribution in [0.2, 0.25) is 0 Å². The molecule has 2 aromatic rings. The maximum Gasteiger partial charge on any atom is 0.292 e. The second-order valence-electron chi connectivity index (χ2n) is 4.65. The first-order chi connectivity index (χ1) is 9.10. The van der Waals surface area contributed by atoms with Crippen LogP contribution in [0.4, 0.5) is 11.7 Å². The molecular formula is C14H15N3O2. The number of nitrogens with zero attached hydrogens (tertiary/aromatic N) is 2. The quantitative estimate of drug-likeness (QED) is 0.893. The minimum atomic E-state index is 0.113. The number of likely N-dealkylation sites (N-methyl/N-ethyl adjacent to an activating group) is 1. The monoisotopic (exact) mass is 257 g/mol. The fourth-order valence-corrected chi connectivity index (χ4v) is 2.45. The van der Waals surface area contributed by atoms with Gasteiger partial charge in [0.2, 0.25) is 5.91 Å². The molecule has 5 heteroatoms. The van der Waals surface area contributed by atoms with E-state index in [4.69, 9.17) is 10.2 Å².